The van der Waals surface area contributed by atoms with E-state index in [4.69, 9.17) is 4.74 Å². The molecule has 1 N–H and O–H groups in total. The zero-order valence-corrected chi connectivity index (χ0v) is 11.7. The molecule has 0 aromatic rings. The summed E-state index contributed by atoms with van der Waals surface area (Å²) in [5.74, 6) is 0.750. The third kappa shape index (κ3) is 2.83. The fourth-order valence-corrected chi connectivity index (χ4v) is 3.29. The smallest absolute Gasteiger partial charge is 0.0509 e. The molecule has 0 spiro atoms. The van der Waals surface area contributed by atoms with Crippen LogP contribution in [0.1, 0.15) is 40.0 Å². The normalized spacial score (nSPS) is 31.6. The number of rotatable bonds is 4. The minimum atomic E-state index is 0.353. The highest BCUT2D eigenvalue weighted by Gasteiger charge is 2.36. The highest BCUT2D eigenvalue weighted by atomic mass is 16.5. The standard InChI is InChI=1S/C14H28N2O/c1-4-14(5-2)11-16(8-7-15-14)12(3)13-6-9-17-10-13/h12-13,15H,4-11H2,1-3H3. The molecule has 2 saturated heterocycles. The molecule has 2 atom stereocenters. The molecule has 0 saturated carbocycles. The molecule has 2 unspecified atom stereocenters. The summed E-state index contributed by atoms with van der Waals surface area (Å²) in [4.78, 5) is 2.68. The van der Waals surface area contributed by atoms with E-state index in [2.05, 4.69) is 31.0 Å². The predicted octanol–water partition coefficient (Wildman–Crippen LogP) is 1.88. The van der Waals surface area contributed by atoms with E-state index in [1.54, 1.807) is 0 Å². The van der Waals surface area contributed by atoms with Gasteiger partial charge in [0, 0.05) is 37.8 Å². The Hall–Kier alpha value is -0.120. The average Bonchev–Trinajstić information content (AvgIpc) is 2.91. The van der Waals surface area contributed by atoms with Gasteiger partial charge in [-0.15, -0.1) is 0 Å². The number of nitrogens with zero attached hydrogens (tertiary/aromatic N) is 1. The summed E-state index contributed by atoms with van der Waals surface area (Å²) in [7, 11) is 0. The van der Waals surface area contributed by atoms with Crippen LogP contribution in [0.3, 0.4) is 0 Å². The maximum Gasteiger partial charge on any atom is 0.0509 e. The maximum absolute atomic E-state index is 5.53. The second-order valence-corrected chi connectivity index (χ2v) is 5.75. The van der Waals surface area contributed by atoms with Gasteiger partial charge in [0.2, 0.25) is 0 Å². The van der Waals surface area contributed by atoms with Gasteiger partial charge < -0.3 is 10.1 Å². The van der Waals surface area contributed by atoms with Crippen LogP contribution >= 0.6 is 0 Å². The lowest BCUT2D eigenvalue weighted by atomic mass is 9.88. The van der Waals surface area contributed by atoms with E-state index >= 15 is 0 Å². The van der Waals surface area contributed by atoms with Gasteiger partial charge in [-0.2, -0.15) is 0 Å². The SMILES string of the molecule is CCC1(CC)CN(C(C)C2CCOC2)CCN1. The molecule has 2 fully saturated rings. The number of hydrogen-bond acceptors (Lipinski definition) is 3. The van der Waals surface area contributed by atoms with Gasteiger partial charge in [-0.05, 0) is 32.1 Å². The number of piperazine rings is 1. The van der Waals surface area contributed by atoms with Crippen LogP contribution in [0.2, 0.25) is 0 Å². The zero-order chi connectivity index (χ0) is 12.3. The van der Waals surface area contributed by atoms with E-state index < -0.39 is 0 Å². The Kier molecular flexibility index (Phi) is 4.45. The molecule has 2 heterocycles. The van der Waals surface area contributed by atoms with Crippen LogP contribution < -0.4 is 5.32 Å². The van der Waals surface area contributed by atoms with Crippen molar-refractivity contribution in [2.24, 2.45) is 5.92 Å². The average molecular weight is 240 g/mol. The molecule has 0 radical (unpaired) electrons. The van der Waals surface area contributed by atoms with E-state index in [-0.39, 0.29) is 0 Å². The first-order chi connectivity index (χ1) is 8.21. The van der Waals surface area contributed by atoms with Crippen molar-refractivity contribution in [2.75, 3.05) is 32.8 Å². The molecule has 2 aliphatic heterocycles. The van der Waals surface area contributed by atoms with Gasteiger partial charge in [0.1, 0.15) is 0 Å². The Labute approximate surface area is 106 Å². The van der Waals surface area contributed by atoms with Crippen LogP contribution in [0, 0.1) is 5.92 Å². The Bertz CT molecular complexity index is 234. The van der Waals surface area contributed by atoms with Gasteiger partial charge >= 0.3 is 0 Å². The summed E-state index contributed by atoms with van der Waals surface area (Å²) >= 11 is 0. The molecule has 2 aliphatic rings. The van der Waals surface area contributed by atoms with E-state index in [1.807, 2.05) is 0 Å². The topological polar surface area (TPSA) is 24.5 Å². The van der Waals surface area contributed by atoms with Crippen LogP contribution in [-0.4, -0.2) is 49.3 Å². The van der Waals surface area contributed by atoms with Crippen molar-refractivity contribution in [3.63, 3.8) is 0 Å². The van der Waals surface area contributed by atoms with Crippen molar-refractivity contribution >= 4 is 0 Å². The molecule has 17 heavy (non-hydrogen) atoms. The van der Waals surface area contributed by atoms with Crippen molar-refractivity contribution < 1.29 is 4.74 Å². The van der Waals surface area contributed by atoms with Crippen molar-refractivity contribution in [3.8, 4) is 0 Å². The summed E-state index contributed by atoms with van der Waals surface area (Å²) in [5, 5.41) is 3.73. The lowest BCUT2D eigenvalue weighted by Crippen LogP contribution is -2.62. The second-order valence-electron chi connectivity index (χ2n) is 5.75. The Morgan fingerprint density at radius 2 is 2.18 bits per heavy atom. The van der Waals surface area contributed by atoms with Crippen molar-refractivity contribution in [2.45, 2.75) is 51.6 Å². The number of hydrogen-bond donors (Lipinski definition) is 1. The largest absolute Gasteiger partial charge is 0.381 e. The van der Waals surface area contributed by atoms with Crippen LogP contribution in [0.5, 0.6) is 0 Å². The molecule has 0 aliphatic carbocycles. The molecule has 0 bridgehead atoms. The first-order valence-electron chi connectivity index (χ1n) is 7.27. The van der Waals surface area contributed by atoms with E-state index in [1.165, 1.54) is 32.4 Å². The number of nitrogens with one attached hydrogen (secondary N) is 1. The molecule has 0 amide bonds. The molecule has 100 valence electrons. The molecule has 3 nitrogen and oxygen atoms in total. The fourth-order valence-electron chi connectivity index (χ4n) is 3.29. The zero-order valence-electron chi connectivity index (χ0n) is 11.7. The van der Waals surface area contributed by atoms with Crippen molar-refractivity contribution in [3.05, 3.63) is 0 Å². The minimum Gasteiger partial charge on any atom is -0.381 e. The Balaban J connectivity index is 1.96. The summed E-state index contributed by atoms with van der Waals surface area (Å²) in [6.45, 7) is 12.5. The maximum atomic E-state index is 5.53. The molecule has 0 aromatic carbocycles. The van der Waals surface area contributed by atoms with Crippen LogP contribution in [-0.2, 0) is 4.74 Å². The first kappa shape index (κ1) is 13.3. The Morgan fingerprint density at radius 3 is 2.76 bits per heavy atom. The van der Waals surface area contributed by atoms with Crippen LogP contribution in [0.25, 0.3) is 0 Å². The third-order valence-corrected chi connectivity index (χ3v) is 4.98. The van der Waals surface area contributed by atoms with Gasteiger partial charge in [-0.1, -0.05) is 13.8 Å². The van der Waals surface area contributed by atoms with Gasteiger partial charge in [0.25, 0.3) is 0 Å². The van der Waals surface area contributed by atoms with E-state index in [9.17, 15) is 0 Å². The summed E-state index contributed by atoms with van der Waals surface area (Å²) in [6.07, 6.45) is 3.71. The van der Waals surface area contributed by atoms with Crippen LogP contribution in [0.4, 0.5) is 0 Å². The first-order valence-corrected chi connectivity index (χ1v) is 7.27. The van der Waals surface area contributed by atoms with Gasteiger partial charge in [0.15, 0.2) is 0 Å². The van der Waals surface area contributed by atoms with E-state index in [0.29, 0.717) is 11.6 Å². The van der Waals surface area contributed by atoms with Crippen molar-refractivity contribution in [1.29, 1.82) is 0 Å². The Morgan fingerprint density at radius 1 is 1.41 bits per heavy atom. The molecular formula is C14H28N2O. The summed E-state index contributed by atoms with van der Waals surface area (Å²) < 4.78 is 5.53. The molecule has 2 rings (SSSR count). The third-order valence-electron chi connectivity index (χ3n) is 4.98. The predicted molar refractivity (Wildman–Crippen MR) is 71.3 cm³/mol. The highest BCUT2D eigenvalue weighted by Crippen LogP contribution is 2.26. The second kappa shape index (κ2) is 5.68. The number of ether oxygens (including phenoxy) is 1. The van der Waals surface area contributed by atoms with E-state index in [0.717, 1.165) is 25.7 Å². The molecule has 0 aromatic heterocycles. The molecule has 3 heteroatoms. The lowest BCUT2D eigenvalue weighted by molar-refractivity contribution is 0.0619. The highest BCUT2D eigenvalue weighted by molar-refractivity contribution is 4.95. The van der Waals surface area contributed by atoms with Gasteiger partial charge in [-0.25, -0.2) is 0 Å². The lowest BCUT2D eigenvalue weighted by Gasteiger charge is -2.46. The monoisotopic (exact) mass is 240 g/mol. The van der Waals surface area contributed by atoms with Crippen molar-refractivity contribution in [1.82, 2.24) is 10.2 Å². The van der Waals surface area contributed by atoms with Crippen LogP contribution in [0.15, 0.2) is 0 Å². The molecular weight excluding hydrogens is 212 g/mol. The summed E-state index contributed by atoms with van der Waals surface area (Å²) in [6, 6.07) is 0.678. The summed E-state index contributed by atoms with van der Waals surface area (Å²) in [5.41, 5.74) is 0.353. The fraction of sp³-hybridized carbons (Fsp3) is 1.00. The van der Waals surface area contributed by atoms with Gasteiger partial charge in [-0.3, -0.25) is 4.90 Å². The van der Waals surface area contributed by atoms with Gasteiger partial charge in [0.05, 0.1) is 6.61 Å². The quantitative estimate of drug-likeness (QED) is 0.812. The minimum absolute atomic E-state index is 0.353.